The van der Waals surface area contributed by atoms with Crippen LogP contribution in [0, 0.1) is 0 Å². The molecule has 1 aromatic rings. The van der Waals surface area contributed by atoms with Crippen LogP contribution >= 0.6 is 0 Å². The summed E-state index contributed by atoms with van der Waals surface area (Å²) in [5.41, 5.74) is -0.0205. The lowest BCUT2D eigenvalue weighted by Crippen LogP contribution is -2.06. The molecule has 0 aliphatic carbocycles. The van der Waals surface area contributed by atoms with Crippen molar-refractivity contribution in [3.8, 4) is 0 Å². The summed E-state index contributed by atoms with van der Waals surface area (Å²) in [5.74, 6) is 0.0166. The maximum atomic E-state index is 12.3. The largest absolute Gasteiger partial charge is 0.416 e. The van der Waals surface area contributed by atoms with Crippen LogP contribution in [0.1, 0.15) is 24.5 Å². The normalized spacial score (nSPS) is 12.0. The molecule has 5 heteroatoms. The fraction of sp³-hybridized carbons (Fsp3) is 0.357. The molecule has 1 aromatic carbocycles. The quantitative estimate of drug-likeness (QED) is 0.738. The summed E-state index contributed by atoms with van der Waals surface area (Å²) >= 11 is 0. The number of benzene rings is 1. The van der Waals surface area contributed by atoms with Crippen LogP contribution in [0.2, 0.25) is 0 Å². The summed E-state index contributed by atoms with van der Waals surface area (Å²) in [6.07, 6.45) is -0.573. The lowest BCUT2D eigenvalue weighted by atomic mass is 10.1. The van der Waals surface area contributed by atoms with E-state index in [-0.39, 0.29) is 19.0 Å². The monoisotopic (exact) mass is 272 g/mol. The van der Waals surface area contributed by atoms with E-state index in [1.54, 1.807) is 19.1 Å². The number of ether oxygens (including phenoxy) is 1. The molecule has 0 heterocycles. The molecule has 0 amide bonds. The fourth-order valence-corrected chi connectivity index (χ4v) is 1.31. The van der Waals surface area contributed by atoms with Crippen molar-refractivity contribution in [2.75, 3.05) is 13.2 Å². The summed E-state index contributed by atoms with van der Waals surface area (Å²) in [6.45, 7) is 2.07. The molecule has 0 aliphatic rings. The van der Waals surface area contributed by atoms with E-state index >= 15 is 0 Å². The predicted octanol–water partition coefficient (Wildman–Crippen LogP) is 3.71. The highest BCUT2D eigenvalue weighted by atomic mass is 19.4. The van der Waals surface area contributed by atoms with Gasteiger partial charge in [0, 0.05) is 6.42 Å². The second-order valence-corrected chi connectivity index (χ2v) is 3.93. The van der Waals surface area contributed by atoms with Gasteiger partial charge in [-0.3, -0.25) is 4.79 Å². The number of ketones is 1. The van der Waals surface area contributed by atoms with Gasteiger partial charge in [0.2, 0.25) is 0 Å². The smallest absolute Gasteiger partial charge is 0.370 e. The van der Waals surface area contributed by atoms with Gasteiger partial charge in [0.1, 0.15) is 6.61 Å². The zero-order valence-corrected chi connectivity index (χ0v) is 10.5. The van der Waals surface area contributed by atoms with Crippen LogP contribution in [-0.2, 0) is 15.7 Å². The van der Waals surface area contributed by atoms with Crippen LogP contribution in [0.3, 0.4) is 0 Å². The third-order valence-corrected chi connectivity index (χ3v) is 2.42. The van der Waals surface area contributed by atoms with Gasteiger partial charge in [-0.15, -0.1) is 0 Å². The summed E-state index contributed by atoms with van der Waals surface area (Å²) in [5, 5.41) is 0. The highest BCUT2D eigenvalue weighted by Crippen LogP contribution is 2.29. The second kappa shape index (κ2) is 7.09. The van der Waals surface area contributed by atoms with Crippen LogP contribution in [0.15, 0.2) is 30.3 Å². The second-order valence-electron chi connectivity index (χ2n) is 3.93. The van der Waals surface area contributed by atoms with E-state index in [2.05, 4.69) is 0 Å². The summed E-state index contributed by atoms with van der Waals surface area (Å²) in [4.78, 5) is 10.9. The Morgan fingerprint density at radius 1 is 1.26 bits per heavy atom. The third kappa shape index (κ3) is 5.70. The lowest BCUT2D eigenvalue weighted by Gasteiger charge is -2.05. The van der Waals surface area contributed by atoms with Crippen LogP contribution in [0.4, 0.5) is 13.2 Å². The molecule has 0 atom stereocenters. The lowest BCUT2D eigenvalue weighted by molar-refractivity contribution is -0.137. The van der Waals surface area contributed by atoms with Crippen molar-refractivity contribution in [3.05, 3.63) is 41.5 Å². The van der Waals surface area contributed by atoms with Gasteiger partial charge in [0.05, 0.1) is 12.2 Å². The van der Waals surface area contributed by atoms with E-state index < -0.39 is 11.7 Å². The molecule has 0 saturated carbocycles. The zero-order chi connectivity index (χ0) is 14.3. The molecule has 0 fully saturated rings. The molecule has 104 valence electrons. The van der Waals surface area contributed by atoms with Crippen LogP contribution in [0.5, 0.6) is 0 Å². The number of hydrogen-bond donors (Lipinski definition) is 0. The average molecular weight is 272 g/mol. The van der Waals surface area contributed by atoms with Gasteiger partial charge in [-0.05, 0) is 17.7 Å². The molecule has 0 bridgehead atoms. The van der Waals surface area contributed by atoms with E-state index in [9.17, 15) is 18.0 Å². The van der Waals surface area contributed by atoms with E-state index in [0.29, 0.717) is 12.0 Å². The molecule has 19 heavy (non-hydrogen) atoms. The van der Waals surface area contributed by atoms with E-state index in [0.717, 1.165) is 12.1 Å². The molecular formula is C14H15F3O2. The minimum absolute atomic E-state index is 0.0166. The molecular weight excluding hydrogens is 257 g/mol. The predicted molar refractivity (Wildman–Crippen MR) is 66.6 cm³/mol. The first-order chi connectivity index (χ1) is 8.93. The van der Waals surface area contributed by atoms with Crippen molar-refractivity contribution in [3.63, 3.8) is 0 Å². The van der Waals surface area contributed by atoms with Gasteiger partial charge in [0.15, 0.2) is 5.78 Å². The Labute approximate surface area is 109 Å². The van der Waals surface area contributed by atoms with Crippen molar-refractivity contribution in [1.82, 2.24) is 0 Å². The highest BCUT2D eigenvalue weighted by Gasteiger charge is 2.29. The van der Waals surface area contributed by atoms with Crippen molar-refractivity contribution in [2.45, 2.75) is 19.5 Å². The molecule has 0 N–H and O–H groups in total. The summed E-state index contributed by atoms with van der Waals surface area (Å²) in [7, 11) is 0. The Morgan fingerprint density at radius 3 is 2.42 bits per heavy atom. The fourth-order valence-electron chi connectivity index (χ4n) is 1.31. The Kier molecular flexibility index (Phi) is 5.76. The standard InChI is InChI=1S/C14H15F3O2/c1-2-13(18)10-19-9-3-4-11-5-7-12(8-6-11)14(15,16)17/h3-8H,2,9-10H2,1H3/b4-3+. The maximum absolute atomic E-state index is 12.3. The van der Waals surface area contributed by atoms with Gasteiger partial charge in [-0.25, -0.2) is 0 Å². The zero-order valence-electron chi connectivity index (χ0n) is 10.5. The first-order valence-corrected chi connectivity index (χ1v) is 5.86. The van der Waals surface area contributed by atoms with Gasteiger partial charge < -0.3 is 4.74 Å². The molecule has 0 spiro atoms. The Balaban J connectivity index is 2.43. The first-order valence-electron chi connectivity index (χ1n) is 5.86. The number of rotatable bonds is 6. The Morgan fingerprint density at radius 2 is 1.89 bits per heavy atom. The van der Waals surface area contributed by atoms with E-state index in [4.69, 9.17) is 4.74 Å². The number of Topliss-reactive ketones (excluding diaryl/α,β-unsaturated/α-hetero) is 1. The molecule has 0 unspecified atom stereocenters. The van der Waals surface area contributed by atoms with Gasteiger partial charge >= 0.3 is 6.18 Å². The van der Waals surface area contributed by atoms with Crippen molar-refractivity contribution < 1.29 is 22.7 Å². The number of hydrogen-bond acceptors (Lipinski definition) is 2. The van der Waals surface area contributed by atoms with Crippen molar-refractivity contribution in [2.24, 2.45) is 0 Å². The number of halogens is 3. The number of carbonyl (C=O) groups is 1. The van der Waals surface area contributed by atoms with Gasteiger partial charge in [-0.1, -0.05) is 31.2 Å². The highest BCUT2D eigenvalue weighted by molar-refractivity contribution is 5.79. The topological polar surface area (TPSA) is 26.3 Å². The average Bonchev–Trinajstić information content (AvgIpc) is 2.37. The maximum Gasteiger partial charge on any atom is 0.416 e. The SMILES string of the molecule is CCC(=O)COC/C=C/c1ccc(C(F)(F)F)cc1. The minimum Gasteiger partial charge on any atom is -0.370 e. The van der Waals surface area contributed by atoms with Crippen LogP contribution in [0.25, 0.3) is 6.08 Å². The molecule has 0 radical (unpaired) electrons. The van der Waals surface area contributed by atoms with Gasteiger partial charge in [-0.2, -0.15) is 13.2 Å². The molecule has 0 saturated heterocycles. The van der Waals surface area contributed by atoms with E-state index in [1.165, 1.54) is 12.1 Å². The third-order valence-electron chi connectivity index (χ3n) is 2.42. The molecule has 2 nitrogen and oxygen atoms in total. The van der Waals surface area contributed by atoms with Gasteiger partial charge in [0.25, 0.3) is 0 Å². The molecule has 0 aliphatic heterocycles. The number of alkyl halides is 3. The van der Waals surface area contributed by atoms with Crippen molar-refractivity contribution in [1.29, 1.82) is 0 Å². The molecule has 1 rings (SSSR count). The minimum atomic E-state index is -4.31. The Bertz CT molecular complexity index is 433. The summed E-state index contributed by atoms with van der Waals surface area (Å²) in [6, 6.07) is 4.83. The van der Waals surface area contributed by atoms with Crippen molar-refractivity contribution >= 4 is 11.9 Å². The van der Waals surface area contributed by atoms with E-state index in [1.807, 2.05) is 0 Å². The first kappa shape index (κ1) is 15.4. The molecule has 0 aromatic heterocycles. The van der Waals surface area contributed by atoms with Crippen LogP contribution in [-0.4, -0.2) is 19.0 Å². The number of carbonyl (C=O) groups excluding carboxylic acids is 1. The summed E-state index contributed by atoms with van der Waals surface area (Å²) < 4.78 is 42.0. The van der Waals surface area contributed by atoms with Crippen LogP contribution < -0.4 is 0 Å². The Hall–Kier alpha value is -1.62.